The van der Waals surface area contributed by atoms with Crippen LogP contribution in [0.15, 0.2) is 85.1 Å². The fraction of sp³-hybridized carbons (Fsp3) is 0.312. The molecule has 3 rings (SSSR count). The lowest BCUT2D eigenvalue weighted by atomic mass is 9.96. The summed E-state index contributed by atoms with van der Waals surface area (Å²) in [4.78, 5) is 42.9. The van der Waals surface area contributed by atoms with E-state index < -0.39 is 29.8 Å². The summed E-state index contributed by atoms with van der Waals surface area (Å²) in [6, 6.07) is 7.45. The van der Waals surface area contributed by atoms with Crippen LogP contribution in [0.2, 0.25) is 0 Å². The monoisotopic (exact) mass is 561 g/mol. The van der Waals surface area contributed by atoms with Gasteiger partial charge in [-0.05, 0) is 62.4 Å². The second-order valence-electron chi connectivity index (χ2n) is 9.44. The van der Waals surface area contributed by atoms with E-state index in [0.29, 0.717) is 34.6 Å². The summed E-state index contributed by atoms with van der Waals surface area (Å²) in [6.45, 7) is 11.5. The molecule has 3 aromatic rings. The summed E-state index contributed by atoms with van der Waals surface area (Å²) in [5, 5.41) is 2.91. The average molecular weight is 562 g/mol. The predicted molar refractivity (Wildman–Crippen MR) is 156 cm³/mol. The number of carbonyl (C=O) groups excluding carboxylic acids is 2. The Kier molecular flexibility index (Phi) is 11.6. The molecule has 216 valence electrons. The molecule has 8 nitrogen and oxygen atoms in total. The SMILES string of the molecule is C=CCCCOc1cc(F)cc(C)c1-c1cncc([C@H](CC(=O)OCC)NC(=O)[C@H](CC=C)n2ccccc2=O)c1. The first-order chi connectivity index (χ1) is 19.8. The van der Waals surface area contributed by atoms with Gasteiger partial charge in [0.25, 0.3) is 5.56 Å². The molecule has 2 aromatic heterocycles. The van der Waals surface area contributed by atoms with Gasteiger partial charge in [-0.3, -0.25) is 19.4 Å². The number of carbonyl (C=O) groups is 2. The van der Waals surface area contributed by atoms with Gasteiger partial charge in [0.05, 0.1) is 25.7 Å². The normalized spacial score (nSPS) is 12.2. The number of unbranched alkanes of at least 4 members (excludes halogenated alkanes) is 1. The molecule has 0 aliphatic heterocycles. The molecule has 0 aliphatic rings. The maximum Gasteiger partial charge on any atom is 0.308 e. The quantitative estimate of drug-likeness (QED) is 0.147. The minimum atomic E-state index is -0.878. The van der Waals surface area contributed by atoms with Gasteiger partial charge in [-0.25, -0.2) is 4.39 Å². The summed E-state index contributed by atoms with van der Waals surface area (Å²) in [6.07, 6.45) is 9.57. The van der Waals surface area contributed by atoms with Crippen LogP contribution in [-0.4, -0.2) is 34.6 Å². The number of hydrogen-bond donors (Lipinski definition) is 1. The Labute approximate surface area is 239 Å². The molecule has 0 unspecified atom stereocenters. The van der Waals surface area contributed by atoms with E-state index in [4.69, 9.17) is 9.47 Å². The van der Waals surface area contributed by atoms with E-state index in [2.05, 4.69) is 23.5 Å². The van der Waals surface area contributed by atoms with Crippen LogP contribution in [-0.2, 0) is 14.3 Å². The van der Waals surface area contributed by atoms with Crippen molar-refractivity contribution in [2.45, 2.75) is 51.6 Å². The number of nitrogens with one attached hydrogen (secondary N) is 1. The molecule has 9 heteroatoms. The molecule has 2 atom stereocenters. The highest BCUT2D eigenvalue weighted by Gasteiger charge is 2.26. The van der Waals surface area contributed by atoms with E-state index in [1.807, 2.05) is 0 Å². The smallest absolute Gasteiger partial charge is 0.308 e. The average Bonchev–Trinajstić information content (AvgIpc) is 2.94. The van der Waals surface area contributed by atoms with Crippen molar-refractivity contribution in [3.05, 3.63) is 108 Å². The van der Waals surface area contributed by atoms with E-state index in [9.17, 15) is 18.8 Å². The number of allylic oxidation sites excluding steroid dienone is 2. The molecule has 0 fully saturated rings. The van der Waals surface area contributed by atoms with Crippen LogP contribution in [0.3, 0.4) is 0 Å². The first kappa shape index (κ1) is 31.0. The molecule has 1 N–H and O–H groups in total. The van der Waals surface area contributed by atoms with Crippen molar-refractivity contribution >= 4 is 11.9 Å². The Morgan fingerprint density at radius 3 is 2.68 bits per heavy atom. The van der Waals surface area contributed by atoms with Crippen LogP contribution in [0.4, 0.5) is 4.39 Å². The zero-order valence-corrected chi connectivity index (χ0v) is 23.5. The number of rotatable bonds is 15. The summed E-state index contributed by atoms with van der Waals surface area (Å²) in [5.74, 6) is -1.04. The lowest BCUT2D eigenvalue weighted by Gasteiger charge is -2.24. The summed E-state index contributed by atoms with van der Waals surface area (Å²) in [7, 11) is 0. The highest BCUT2D eigenvalue weighted by atomic mass is 19.1. The molecule has 2 heterocycles. The van der Waals surface area contributed by atoms with Gasteiger partial charge in [0.1, 0.15) is 17.6 Å². The van der Waals surface area contributed by atoms with Crippen LogP contribution in [0.1, 0.15) is 55.8 Å². The third kappa shape index (κ3) is 8.48. The predicted octanol–water partition coefficient (Wildman–Crippen LogP) is 5.63. The lowest BCUT2D eigenvalue weighted by molar-refractivity contribution is -0.143. The highest BCUT2D eigenvalue weighted by molar-refractivity contribution is 5.82. The van der Waals surface area contributed by atoms with Gasteiger partial charge in [0, 0.05) is 41.9 Å². The molecular formula is C32H36FN3O5. The van der Waals surface area contributed by atoms with E-state index >= 15 is 0 Å². The number of nitrogens with zero attached hydrogens (tertiary/aromatic N) is 2. The van der Waals surface area contributed by atoms with Crippen molar-refractivity contribution in [1.29, 1.82) is 0 Å². The minimum absolute atomic E-state index is 0.164. The van der Waals surface area contributed by atoms with E-state index in [0.717, 1.165) is 12.8 Å². The Balaban J connectivity index is 2.00. The second kappa shape index (κ2) is 15.3. The van der Waals surface area contributed by atoms with Gasteiger partial charge in [-0.1, -0.05) is 18.2 Å². The Morgan fingerprint density at radius 2 is 1.98 bits per heavy atom. The standard InChI is InChI=1S/C32H36FN3O5/c1-5-8-11-15-41-28-18-25(33)16-22(4)31(28)24-17-23(20-34-21-24)26(19-30(38)40-7-3)35-32(39)27(12-6-2)36-14-10-9-13-29(36)37/h5-6,9-10,13-14,16-18,20-21,26-27H,1-2,7-8,11-12,15,19H2,3-4H3,(H,35,39)/t26-,27-/m0/s1. The first-order valence-corrected chi connectivity index (χ1v) is 13.5. The van der Waals surface area contributed by atoms with Gasteiger partial charge in [0.15, 0.2) is 0 Å². The third-order valence-electron chi connectivity index (χ3n) is 6.40. The Hall–Kier alpha value is -4.53. The zero-order valence-electron chi connectivity index (χ0n) is 23.5. The molecular weight excluding hydrogens is 525 g/mol. The molecule has 41 heavy (non-hydrogen) atoms. The van der Waals surface area contributed by atoms with Crippen molar-refractivity contribution in [2.75, 3.05) is 13.2 Å². The molecule has 0 radical (unpaired) electrons. The number of aromatic nitrogens is 2. The van der Waals surface area contributed by atoms with Gasteiger partial charge < -0.3 is 19.4 Å². The second-order valence-corrected chi connectivity index (χ2v) is 9.44. The molecule has 0 aliphatic carbocycles. The molecule has 1 amide bonds. The van der Waals surface area contributed by atoms with Crippen molar-refractivity contribution < 1.29 is 23.5 Å². The molecule has 1 aromatic carbocycles. The van der Waals surface area contributed by atoms with Crippen molar-refractivity contribution in [3.63, 3.8) is 0 Å². The van der Waals surface area contributed by atoms with E-state index in [1.165, 1.54) is 29.0 Å². The maximum atomic E-state index is 14.3. The van der Waals surface area contributed by atoms with Crippen LogP contribution in [0.5, 0.6) is 5.75 Å². The number of pyridine rings is 2. The lowest BCUT2D eigenvalue weighted by Crippen LogP contribution is -2.39. The van der Waals surface area contributed by atoms with Gasteiger partial charge >= 0.3 is 5.97 Å². The van der Waals surface area contributed by atoms with Gasteiger partial charge in [-0.15, -0.1) is 13.2 Å². The maximum absolute atomic E-state index is 14.3. The van der Waals surface area contributed by atoms with Crippen LogP contribution >= 0.6 is 0 Å². The molecule has 0 bridgehead atoms. The van der Waals surface area contributed by atoms with Gasteiger partial charge in [0.2, 0.25) is 5.91 Å². The molecule has 0 saturated heterocycles. The fourth-order valence-corrected chi connectivity index (χ4v) is 4.50. The molecule has 0 spiro atoms. The topological polar surface area (TPSA) is 99.5 Å². The van der Waals surface area contributed by atoms with E-state index in [-0.39, 0.29) is 25.0 Å². The summed E-state index contributed by atoms with van der Waals surface area (Å²) >= 11 is 0. The summed E-state index contributed by atoms with van der Waals surface area (Å²) < 4.78 is 26.8. The number of hydrogen-bond acceptors (Lipinski definition) is 6. The minimum Gasteiger partial charge on any atom is -0.493 e. The third-order valence-corrected chi connectivity index (χ3v) is 6.40. The van der Waals surface area contributed by atoms with Crippen LogP contribution in [0, 0.1) is 12.7 Å². The number of halogens is 1. The zero-order chi connectivity index (χ0) is 29.8. The van der Waals surface area contributed by atoms with Gasteiger partial charge in [-0.2, -0.15) is 0 Å². The molecule has 0 saturated carbocycles. The highest BCUT2D eigenvalue weighted by Crippen LogP contribution is 2.35. The number of esters is 1. The Morgan fingerprint density at radius 1 is 1.17 bits per heavy atom. The summed E-state index contributed by atoms with van der Waals surface area (Å²) in [5.41, 5.74) is 2.11. The fourth-order valence-electron chi connectivity index (χ4n) is 4.50. The first-order valence-electron chi connectivity index (χ1n) is 13.5. The number of ether oxygens (including phenoxy) is 2. The number of aryl methyl sites for hydroxylation is 1. The van der Waals surface area contributed by atoms with Crippen molar-refractivity contribution in [2.24, 2.45) is 0 Å². The van der Waals surface area contributed by atoms with Crippen LogP contribution < -0.4 is 15.6 Å². The largest absolute Gasteiger partial charge is 0.493 e. The van der Waals surface area contributed by atoms with E-state index in [1.54, 1.807) is 56.6 Å². The van der Waals surface area contributed by atoms with Crippen molar-refractivity contribution in [1.82, 2.24) is 14.9 Å². The van der Waals surface area contributed by atoms with Crippen LogP contribution in [0.25, 0.3) is 11.1 Å². The Bertz CT molecular complexity index is 1430. The number of amides is 1. The van der Waals surface area contributed by atoms with Crippen molar-refractivity contribution in [3.8, 4) is 16.9 Å². The number of benzene rings is 1.